The van der Waals surface area contributed by atoms with Gasteiger partial charge < -0.3 is 20.7 Å². The van der Waals surface area contributed by atoms with Crippen LogP contribution in [0.5, 0.6) is 0 Å². The molecule has 1 fully saturated rings. The van der Waals surface area contributed by atoms with Crippen LogP contribution in [-0.4, -0.2) is 61.7 Å². The summed E-state index contributed by atoms with van der Waals surface area (Å²) in [5.74, 6) is 0.763. The Morgan fingerprint density at radius 2 is 1.78 bits per heavy atom. The van der Waals surface area contributed by atoms with Crippen LogP contribution >= 0.6 is 0 Å². The van der Waals surface area contributed by atoms with Crippen molar-refractivity contribution in [3.05, 3.63) is 69.8 Å². The van der Waals surface area contributed by atoms with E-state index < -0.39 is 4.92 Å². The number of nitrogens with one attached hydrogen (secondary N) is 3. The number of benzene rings is 2. The Morgan fingerprint density at radius 3 is 2.47 bits per heavy atom. The van der Waals surface area contributed by atoms with Crippen molar-refractivity contribution in [2.75, 3.05) is 51.3 Å². The van der Waals surface area contributed by atoms with Gasteiger partial charge in [-0.3, -0.25) is 15.0 Å². The quantitative estimate of drug-likeness (QED) is 0.171. The van der Waals surface area contributed by atoms with Gasteiger partial charge in [0.05, 0.1) is 24.7 Å². The van der Waals surface area contributed by atoms with Crippen molar-refractivity contribution < 1.29 is 9.66 Å². The maximum Gasteiger partial charge on any atom is 0.269 e. The Hall–Kier alpha value is -3.17. The highest BCUT2D eigenvalue weighted by molar-refractivity contribution is 5.79. The summed E-state index contributed by atoms with van der Waals surface area (Å²) in [6, 6.07) is 14.9. The highest BCUT2D eigenvalue weighted by Crippen LogP contribution is 2.15. The summed E-state index contributed by atoms with van der Waals surface area (Å²) >= 11 is 0. The number of morpholine rings is 1. The summed E-state index contributed by atoms with van der Waals surface area (Å²) in [5.41, 5.74) is 3.45. The van der Waals surface area contributed by atoms with E-state index in [1.165, 1.54) is 23.3 Å². The van der Waals surface area contributed by atoms with Crippen LogP contribution in [-0.2, 0) is 17.8 Å². The Balaban J connectivity index is 1.50. The molecule has 2 aromatic carbocycles. The molecular weight excluding hydrogens is 408 g/mol. The normalized spacial score (nSPS) is 14.7. The van der Waals surface area contributed by atoms with Crippen LogP contribution in [0.1, 0.15) is 18.1 Å². The molecule has 3 rings (SSSR count). The molecule has 1 aliphatic rings. The fourth-order valence-corrected chi connectivity index (χ4v) is 3.46. The van der Waals surface area contributed by atoms with Gasteiger partial charge in [-0.1, -0.05) is 24.3 Å². The molecule has 1 aliphatic heterocycles. The van der Waals surface area contributed by atoms with Crippen molar-refractivity contribution in [2.24, 2.45) is 4.99 Å². The molecule has 0 amide bonds. The molecule has 172 valence electrons. The lowest BCUT2D eigenvalue weighted by atomic mass is 10.1. The first kappa shape index (κ1) is 23.5. The molecule has 32 heavy (non-hydrogen) atoms. The first-order chi connectivity index (χ1) is 15.7. The summed E-state index contributed by atoms with van der Waals surface area (Å²) in [7, 11) is 0. The molecule has 0 bridgehead atoms. The number of anilines is 1. The topological polar surface area (TPSA) is 104 Å². The molecular formula is C23H32N6O3. The zero-order valence-corrected chi connectivity index (χ0v) is 18.5. The van der Waals surface area contributed by atoms with Crippen LogP contribution in [0.4, 0.5) is 11.4 Å². The minimum atomic E-state index is -0.399. The third kappa shape index (κ3) is 7.51. The summed E-state index contributed by atoms with van der Waals surface area (Å²) in [5, 5.41) is 20.6. The zero-order valence-electron chi connectivity index (χ0n) is 18.5. The Morgan fingerprint density at radius 1 is 1.06 bits per heavy atom. The predicted molar refractivity (Wildman–Crippen MR) is 127 cm³/mol. The number of guanidine groups is 1. The second kappa shape index (κ2) is 12.6. The van der Waals surface area contributed by atoms with Crippen LogP contribution in [0, 0.1) is 10.1 Å². The van der Waals surface area contributed by atoms with Crippen molar-refractivity contribution >= 4 is 17.3 Å². The predicted octanol–water partition coefficient (Wildman–Crippen LogP) is 2.59. The highest BCUT2D eigenvalue weighted by atomic mass is 16.6. The van der Waals surface area contributed by atoms with Gasteiger partial charge in [0.2, 0.25) is 0 Å². The van der Waals surface area contributed by atoms with Crippen LogP contribution in [0.3, 0.4) is 0 Å². The number of aliphatic imine (C=N–C) groups is 1. The summed E-state index contributed by atoms with van der Waals surface area (Å²) in [6.07, 6.45) is 0. The lowest BCUT2D eigenvalue weighted by molar-refractivity contribution is -0.384. The van der Waals surface area contributed by atoms with E-state index in [-0.39, 0.29) is 5.69 Å². The molecule has 0 unspecified atom stereocenters. The van der Waals surface area contributed by atoms with Gasteiger partial charge in [0.15, 0.2) is 5.96 Å². The number of hydrogen-bond acceptors (Lipinski definition) is 6. The van der Waals surface area contributed by atoms with E-state index in [9.17, 15) is 10.1 Å². The average Bonchev–Trinajstić information content (AvgIpc) is 2.82. The van der Waals surface area contributed by atoms with Crippen LogP contribution in [0.2, 0.25) is 0 Å². The van der Waals surface area contributed by atoms with Crippen molar-refractivity contribution in [3.8, 4) is 0 Å². The van der Waals surface area contributed by atoms with Gasteiger partial charge in [0, 0.05) is 57.1 Å². The Kier molecular flexibility index (Phi) is 9.27. The molecule has 9 nitrogen and oxygen atoms in total. The fourth-order valence-electron chi connectivity index (χ4n) is 3.46. The van der Waals surface area contributed by atoms with E-state index in [1.54, 1.807) is 12.1 Å². The van der Waals surface area contributed by atoms with Crippen molar-refractivity contribution in [2.45, 2.75) is 20.0 Å². The third-order valence-electron chi connectivity index (χ3n) is 5.19. The van der Waals surface area contributed by atoms with E-state index >= 15 is 0 Å². The Bertz CT molecular complexity index is 882. The van der Waals surface area contributed by atoms with Gasteiger partial charge in [-0.15, -0.1) is 0 Å². The molecule has 0 aromatic heterocycles. The molecule has 0 spiro atoms. The lowest BCUT2D eigenvalue weighted by Crippen LogP contribution is -2.39. The zero-order chi connectivity index (χ0) is 22.6. The highest BCUT2D eigenvalue weighted by Gasteiger charge is 2.12. The largest absolute Gasteiger partial charge is 0.383 e. The molecule has 0 saturated carbocycles. The summed E-state index contributed by atoms with van der Waals surface area (Å²) in [4.78, 5) is 17.5. The van der Waals surface area contributed by atoms with Crippen molar-refractivity contribution in [1.82, 2.24) is 15.5 Å². The minimum Gasteiger partial charge on any atom is -0.383 e. The number of ether oxygens (including phenoxy) is 1. The summed E-state index contributed by atoms with van der Waals surface area (Å²) in [6.45, 7) is 9.17. The average molecular weight is 441 g/mol. The number of hydrogen-bond donors (Lipinski definition) is 3. The van der Waals surface area contributed by atoms with Crippen LogP contribution in [0.25, 0.3) is 0 Å². The molecule has 9 heteroatoms. The molecule has 3 N–H and O–H groups in total. The number of rotatable bonds is 10. The van der Waals surface area contributed by atoms with Gasteiger partial charge >= 0.3 is 0 Å². The van der Waals surface area contributed by atoms with Crippen molar-refractivity contribution in [3.63, 3.8) is 0 Å². The monoisotopic (exact) mass is 440 g/mol. The second-order valence-corrected chi connectivity index (χ2v) is 7.51. The SMILES string of the molecule is CCNC(=NCc1ccccc1CN1CCOCC1)NCCNc1ccc([N+](=O)[O-])cc1. The van der Waals surface area contributed by atoms with E-state index in [1.807, 2.05) is 6.92 Å². The maximum atomic E-state index is 10.7. The molecule has 0 radical (unpaired) electrons. The lowest BCUT2D eigenvalue weighted by Gasteiger charge is -2.27. The number of non-ortho nitro benzene ring substituents is 1. The van der Waals surface area contributed by atoms with Gasteiger partial charge in [-0.2, -0.15) is 0 Å². The van der Waals surface area contributed by atoms with Gasteiger partial charge in [0.25, 0.3) is 5.69 Å². The summed E-state index contributed by atoms with van der Waals surface area (Å²) < 4.78 is 5.45. The first-order valence-corrected chi connectivity index (χ1v) is 11.0. The van der Waals surface area contributed by atoms with Gasteiger partial charge in [-0.05, 0) is 30.2 Å². The van der Waals surface area contributed by atoms with Crippen molar-refractivity contribution in [1.29, 1.82) is 0 Å². The van der Waals surface area contributed by atoms with E-state index in [2.05, 4.69) is 45.1 Å². The minimum absolute atomic E-state index is 0.0872. The second-order valence-electron chi connectivity index (χ2n) is 7.51. The van der Waals surface area contributed by atoms with E-state index in [0.29, 0.717) is 19.6 Å². The van der Waals surface area contributed by atoms with Crippen LogP contribution in [0.15, 0.2) is 53.5 Å². The van der Waals surface area contributed by atoms with E-state index in [4.69, 9.17) is 9.73 Å². The van der Waals surface area contributed by atoms with Gasteiger partial charge in [0.1, 0.15) is 0 Å². The molecule has 0 aliphatic carbocycles. The fraction of sp³-hybridized carbons (Fsp3) is 0.435. The van der Waals surface area contributed by atoms with Gasteiger partial charge in [-0.25, -0.2) is 4.99 Å². The standard InChI is InChI=1S/C23H32N6O3/c1-2-24-23(26-12-11-25-21-7-9-22(10-8-21)29(30)31)27-17-19-5-3-4-6-20(19)18-28-13-15-32-16-14-28/h3-10,25H,2,11-18H2,1H3,(H2,24,26,27). The molecule has 1 heterocycles. The smallest absolute Gasteiger partial charge is 0.269 e. The van der Waals surface area contributed by atoms with Crippen LogP contribution < -0.4 is 16.0 Å². The third-order valence-corrected chi connectivity index (χ3v) is 5.19. The molecule has 2 aromatic rings. The molecule has 0 atom stereocenters. The number of nitrogens with zero attached hydrogens (tertiary/aromatic N) is 3. The first-order valence-electron chi connectivity index (χ1n) is 11.0. The Labute approximate surface area is 189 Å². The maximum absolute atomic E-state index is 10.7. The number of nitro benzene ring substituents is 1. The molecule has 1 saturated heterocycles. The van der Waals surface area contributed by atoms with E-state index in [0.717, 1.165) is 51.0 Å². The number of nitro groups is 1.